The fourth-order valence-corrected chi connectivity index (χ4v) is 3.65. The molecule has 0 bridgehead atoms. The molecule has 5 aromatic rings. The van der Waals surface area contributed by atoms with E-state index < -0.39 is 0 Å². The first-order valence-corrected chi connectivity index (χ1v) is 10.1. The van der Waals surface area contributed by atoms with Crippen molar-refractivity contribution in [1.29, 1.82) is 0 Å². The van der Waals surface area contributed by atoms with Gasteiger partial charge in [0.15, 0.2) is 0 Å². The first kappa shape index (κ1) is 19.6. The van der Waals surface area contributed by atoms with Crippen LogP contribution in [0.1, 0.15) is 0 Å². The van der Waals surface area contributed by atoms with Crippen molar-refractivity contribution in [3.05, 3.63) is 85.3 Å². The summed E-state index contributed by atoms with van der Waals surface area (Å²) in [7, 11) is 3.31. The van der Waals surface area contributed by atoms with Gasteiger partial charge < -0.3 is 14.8 Å². The molecule has 0 aliphatic rings. The monoisotopic (exact) mass is 423 g/mol. The molecule has 0 amide bonds. The number of ether oxygens (including phenoxy) is 2. The molecule has 3 heterocycles. The van der Waals surface area contributed by atoms with E-state index >= 15 is 0 Å². The number of nitrogens with zero attached hydrogens (tertiary/aromatic N) is 4. The predicted molar refractivity (Wildman–Crippen MR) is 124 cm³/mol. The van der Waals surface area contributed by atoms with Gasteiger partial charge in [-0.25, -0.2) is 9.50 Å². The van der Waals surface area contributed by atoms with Crippen LogP contribution in [0.4, 0.5) is 11.6 Å². The van der Waals surface area contributed by atoms with Gasteiger partial charge in [-0.15, -0.1) is 5.10 Å². The lowest BCUT2D eigenvalue weighted by atomic mass is 10.1. The fourth-order valence-electron chi connectivity index (χ4n) is 3.65. The number of aromatic nitrogens is 4. The maximum absolute atomic E-state index is 5.61. The molecule has 0 unspecified atom stereocenters. The number of pyridine rings is 1. The minimum absolute atomic E-state index is 0.456. The highest BCUT2D eigenvalue weighted by Gasteiger charge is 2.13. The van der Waals surface area contributed by atoms with Gasteiger partial charge in [-0.3, -0.25) is 4.98 Å². The van der Waals surface area contributed by atoms with Gasteiger partial charge in [-0.2, -0.15) is 0 Å². The van der Waals surface area contributed by atoms with Crippen LogP contribution in [0.2, 0.25) is 0 Å². The number of hydrogen-bond acceptors (Lipinski definition) is 6. The van der Waals surface area contributed by atoms with Gasteiger partial charge in [0, 0.05) is 23.5 Å². The maximum atomic E-state index is 5.61. The molecule has 158 valence electrons. The average molecular weight is 423 g/mol. The topological polar surface area (TPSA) is 73.6 Å². The summed E-state index contributed by atoms with van der Waals surface area (Å²) in [5.74, 6) is 1.93. The minimum Gasteiger partial charge on any atom is -0.496 e. The lowest BCUT2D eigenvalue weighted by Gasteiger charge is -2.13. The zero-order chi connectivity index (χ0) is 21.9. The normalized spacial score (nSPS) is 10.8. The van der Waals surface area contributed by atoms with Gasteiger partial charge in [0.1, 0.15) is 11.5 Å². The van der Waals surface area contributed by atoms with Crippen molar-refractivity contribution in [2.75, 3.05) is 19.5 Å². The number of para-hydroxylation sites is 1. The van der Waals surface area contributed by atoms with E-state index in [1.165, 1.54) is 0 Å². The predicted octanol–water partition coefficient (Wildman–Crippen LogP) is 5.22. The Morgan fingerprint density at radius 1 is 0.812 bits per heavy atom. The highest BCUT2D eigenvalue weighted by Crippen LogP contribution is 2.33. The van der Waals surface area contributed by atoms with Crippen LogP contribution < -0.4 is 14.8 Å². The Morgan fingerprint density at radius 3 is 2.50 bits per heavy atom. The molecule has 7 nitrogen and oxygen atoms in total. The number of anilines is 2. The van der Waals surface area contributed by atoms with E-state index in [4.69, 9.17) is 14.6 Å². The standard InChI is InChI=1S/C25H21N5O2/c1-31-23-8-4-3-7-20(23)22-12-10-19-16-27-25(29-30(19)22)28-21-11-9-17(14-24(21)32-2)18-6-5-13-26-15-18/h3-16H,1-2H3,(H,28,29). The number of hydrogen-bond donors (Lipinski definition) is 1. The van der Waals surface area contributed by atoms with Gasteiger partial charge in [0.25, 0.3) is 0 Å². The van der Waals surface area contributed by atoms with Crippen LogP contribution in [0, 0.1) is 0 Å². The molecule has 0 atom stereocenters. The van der Waals surface area contributed by atoms with Crippen molar-refractivity contribution in [2.24, 2.45) is 0 Å². The van der Waals surface area contributed by atoms with E-state index in [-0.39, 0.29) is 0 Å². The molecule has 0 saturated heterocycles. The Balaban J connectivity index is 1.51. The molecule has 1 N–H and O–H groups in total. The second-order valence-corrected chi connectivity index (χ2v) is 7.12. The Hall–Kier alpha value is -4.39. The molecule has 32 heavy (non-hydrogen) atoms. The van der Waals surface area contributed by atoms with Crippen LogP contribution >= 0.6 is 0 Å². The summed E-state index contributed by atoms with van der Waals surface area (Å²) in [4.78, 5) is 8.66. The summed E-state index contributed by atoms with van der Waals surface area (Å²) < 4.78 is 13.0. The second-order valence-electron chi connectivity index (χ2n) is 7.12. The smallest absolute Gasteiger partial charge is 0.245 e. The third-order valence-corrected chi connectivity index (χ3v) is 5.22. The maximum Gasteiger partial charge on any atom is 0.245 e. The zero-order valence-corrected chi connectivity index (χ0v) is 17.7. The quantitative estimate of drug-likeness (QED) is 0.404. The number of benzene rings is 2. The molecule has 0 spiro atoms. The van der Waals surface area contributed by atoms with Crippen LogP contribution in [-0.4, -0.2) is 33.8 Å². The molecule has 0 fully saturated rings. The molecule has 0 aliphatic carbocycles. The van der Waals surface area contributed by atoms with Crippen LogP contribution in [-0.2, 0) is 0 Å². The largest absolute Gasteiger partial charge is 0.496 e. The second kappa shape index (κ2) is 8.39. The van der Waals surface area contributed by atoms with Gasteiger partial charge >= 0.3 is 0 Å². The highest BCUT2D eigenvalue weighted by atomic mass is 16.5. The van der Waals surface area contributed by atoms with Crippen molar-refractivity contribution in [1.82, 2.24) is 19.6 Å². The average Bonchev–Trinajstić information content (AvgIpc) is 3.28. The van der Waals surface area contributed by atoms with Crippen molar-refractivity contribution in [3.63, 3.8) is 0 Å². The van der Waals surface area contributed by atoms with E-state index in [9.17, 15) is 0 Å². The summed E-state index contributed by atoms with van der Waals surface area (Å²) >= 11 is 0. The molecule has 5 rings (SSSR count). The highest BCUT2D eigenvalue weighted by molar-refractivity contribution is 5.74. The van der Waals surface area contributed by atoms with Crippen LogP contribution in [0.3, 0.4) is 0 Å². The molecule has 3 aromatic heterocycles. The number of methoxy groups -OCH3 is 2. The van der Waals surface area contributed by atoms with Crippen LogP contribution in [0.15, 0.2) is 85.3 Å². The number of fused-ring (bicyclic) bond motifs is 1. The zero-order valence-electron chi connectivity index (χ0n) is 17.7. The van der Waals surface area contributed by atoms with Gasteiger partial charge in [-0.1, -0.05) is 24.3 Å². The first-order chi connectivity index (χ1) is 15.8. The van der Waals surface area contributed by atoms with Crippen molar-refractivity contribution >= 4 is 17.2 Å². The van der Waals surface area contributed by atoms with E-state index in [0.717, 1.165) is 39.3 Å². The van der Waals surface area contributed by atoms with Crippen LogP contribution in [0.25, 0.3) is 27.9 Å². The molecular formula is C25H21N5O2. The minimum atomic E-state index is 0.456. The van der Waals surface area contributed by atoms with Gasteiger partial charge in [0.2, 0.25) is 5.95 Å². The third-order valence-electron chi connectivity index (χ3n) is 5.22. The first-order valence-electron chi connectivity index (χ1n) is 10.1. The Kier molecular flexibility index (Phi) is 5.13. The van der Waals surface area contributed by atoms with Crippen molar-refractivity contribution in [3.8, 4) is 33.9 Å². The van der Waals surface area contributed by atoms with Gasteiger partial charge in [0.05, 0.1) is 37.3 Å². The van der Waals surface area contributed by atoms with Crippen molar-refractivity contribution < 1.29 is 9.47 Å². The fraction of sp³-hybridized carbons (Fsp3) is 0.0800. The SMILES string of the molecule is COc1cc(-c2cccnc2)ccc1Nc1ncc2ccc(-c3ccccc3OC)n2n1. The Labute approximate surface area is 185 Å². The Morgan fingerprint density at radius 2 is 1.69 bits per heavy atom. The molecule has 0 aliphatic heterocycles. The summed E-state index contributed by atoms with van der Waals surface area (Å²) in [5, 5.41) is 7.99. The van der Waals surface area contributed by atoms with Gasteiger partial charge in [-0.05, 0) is 48.0 Å². The number of nitrogens with one attached hydrogen (secondary N) is 1. The molecule has 2 aromatic carbocycles. The molecular weight excluding hydrogens is 402 g/mol. The summed E-state index contributed by atoms with van der Waals surface area (Å²) in [6, 6.07) is 21.7. The van der Waals surface area contributed by atoms with E-state index in [1.54, 1.807) is 26.6 Å². The Bertz CT molecular complexity index is 1380. The lowest BCUT2D eigenvalue weighted by molar-refractivity contribution is 0.416. The summed E-state index contributed by atoms with van der Waals surface area (Å²) in [6.45, 7) is 0. The third kappa shape index (κ3) is 3.60. The van der Waals surface area contributed by atoms with Crippen LogP contribution in [0.5, 0.6) is 11.5 Å². The molecule has 0 saturated carbocycles. The van der Waals surface area contributed by atoms with E-state index in [0.29, 0.717) is 11.7 Å². The summed E-state index contributed by atoms with van der Waals surface area (Å²) in [6.07, 6.45) is 5.36. The van der Waals surface area contributed by atoms with Crippen molar-refractivity contribution in [2.45, 2.75) is 0 Å². The number of rotatable bonds is 6. The molecule has 0 radical (unpaired) electrons. The lowest BCUT2D eigenvalue weighted by Crippen LogP contribution is -2.04. The van der Waals surface area contributed by atoms with E-state index in [1.807, 2.05) is 77.4 Å². The summed E-state index contributed by atoms with van der Waals surface area (Å²) in [5.41, 5.74) is 5.56. The molecule has 7 heteroatoms. The van der Waals surface area contributed by atoms with E-state index in [2.05, 4.69) is 15.3 Å².